The van der Waals surface area contributed by atoms with Crippen molar-refractivity contribution in [2.45, 2.75) is 72.5 Å². The van der Waals surface area contributed by atoms with Crippen molar-refractivity contribution < 1.29 is 33.8 Å². The van der Waals surface area contributed by atoms with Crippen LogP contribution in [0.2, 0.25) is 0 Å². The minimum absolute atomic E-state index is 0.168. The molecule has 0 aliphatic heterocycles. The number of thiazole rings is 1. The van der Waals surface area contributed by atoms with Gasteiger partial charge in [0.25, 0.3) is 0 Å². The Bertz CT molecular complexity index is 1290. The van der Waals surface area contributed by atoms with Crippen LogP contribution in [-0.2, 0) is 31.9 Å². The maximum Gasteiger partial charge on any atom is 0.437 e. The summed E-state index contributed by atoms with van der Waals surface area (Å²) in [4.78, 5) is 55.8. The van der Waals surface area contributed by atoms with Gasteiger partial charge in [0.05, 0.1) is 10.6 Å². The molecule has 0 bridgehead atoms. The van der Waals surface area contributed by atoms with Gasteiger partial charge in [0, 0.05) is 18.7 Å². The summed E-state index contributed by atoms with van der Waals surface area (Å²) >= 11 is 1.19. The zero-order valence-corrected chi connectivity index (χ0v) is 24.4. The number of aliphatic carboxylic acids is 1. The van der Waals surface area contributed by atoms with Crippen molar-refractivity contribution in [2.24, 2.45) is 4.99 Å². The third kappa shape index (κ3) is 12.5. The van der Waals surface area contributed by atoms with Gasteiger partial charge in [-0.15, -0.1) is 4.99 Å². The summed E-state index contributed by atoms with van der Waals surface area (Å²) in [5, 5.41) is 17.3. The number of nitrogens with zero attached hydrogens (tertiary/aromatic N) is 2. The number of nitrogens with one attached hydrogen (secondary N) is 3. The van der Waals surface area contributed by atoms with Crippen LogP contribution in [0.15, 0.2) is 35.3 Å². The predicted octanol–water partition coefficient (Wildman–Crippen LogP) is 5.21. The van der Waals surface area contributed by atoms with E-state index >= 15 is 0 Å². The summed E-state index contributed by atoms with van der Waals surface area (Å²) in [6.07, 6.45) is 1.86. The van der Waals surface area contributed by atoms with Gasteiger partial charge < -0.3 is 25.2 Å². The Balaban J connectivity index is 2.16. The van der Waals surface area contributed by atoms with Crippen LogP contribution in [0.3, 0.4) is 0 Å². The molecule has 0 saturated carbocycles. The maximum absolute atomic E-state index is 12.3. The molecule has 40 heavy (non-hydrogen) atoms. The number of aryl methyl sites for hydroxylation is 2. The first-order chi connectivity index (χ1) is 18.5. The van der Waals surface area contributed by atoms with E-state index in [4.69, 9.17) is 14.6 Å². The standard InChI is InChI=1S/C27H35N5O7S/c1-16(33)28-23-30-19(20(40-23)14-15-21(34)35)13-10-17-8-11-18(12-9-17)29-22(31-24(36)38-26(2,3)4)32-25(37)39-27(5,6)7/h8-9,11-12,14-15H,10,13H2,1-7H3,(H,34,35)(H,28,30,33)(H2,29,31,32,36,37). The highest BCUT2D eigenvalue weighted by molar-refractivity contribution is 7.16. The minimum atomic E-state index is -1.08. The second kappa shape index (κ2) is 13.7. The molecule has 2 rings (SSSR count). The number of aliphatic imine (C=N–C) groups is 1. The first-order valence-corrected chi connectivity index (χ1v) is 13.2. The Labute approximate surface area is 236 Å². The zero-order chi connectivity index (χ0) is 30.1. The van der Waals surface area contributed by atoms with Crippen molar-refractivity contribution in [1.82, 2.24) is 10.3 Å². The molecule has 2 aromatic rings. The van der Waals surface area contributed by atoms with Crippen LogP contribution in [0.1, 0.15) is 64.6 Å². The maximum atomic E-state index is 12.3. The smallest absolute Gasteiger partial charge is 0.437 e. The number of carbonyl (C=O) groups is 4. The number of aromatic nitrogens is 1. The van der Waals surface area contributed by atoms with E-state index in [2.05, 4.69) is 25.9 Å². The fraction of sp³-hybridized carbons (Fsp3) is 0.407. The van der Waals surface area contributed by atoms with Crippen LogP contribution in [0.5, 0.6) is 0 Å². The van der Waals surface area contributed by atoms with Crippen molar-refractivity contribution in [3.05, 3.63) is 46.5 Å². The molecule has 0 aliphatic carbocycles. The molecule has 1 heterocycles. The summed E-state index contributed by atoms with van der Waals surface area (Å²) in [6.45, 7) is 11.6. The third-order valence-electron chi connectivity index (χ3n) is 4.47. The fourth-order valence-electron chi connectivity index (χ4n) is 3.04. The van der Waals surface area contributed by atoms with E-state index in [1.807, 2.05) is 12.1 Å². The number of amides is 3. The SMILES string of the molecule is CC(=O)Nc1nc(CCc2ccc(NC(=NC(=O)OC(C)(C)C)NC(=O)OC(C)(C)C)cc2)c(C=CC(=O)O)s1. The number of carboxylic acids is 1. The zero-order valence-electron chi connectivity index (χ0n) is 23.6. The van der Waals surface area contributed by atoms with Crippen molar-refractivity contribution in [3.63, 3.8) is 0 Å². The van der Waals surface area contributed by atoms with Gasteiger partial charge in [-0.05, 0) is 78.2 Å². The van der Waals surface area contributed by atoms with E-state index in [-0.39, 0.29) is 11.9 Å². The van der Waals surface area contributed by atoms with Gasteiger partial charge >= 0.3 is 18.2 Å². The lowest BCUT2D eigenvalue weighted by Crippen LogP contribution is -2.40. The Morgan fingerprint density at radius 1 is 0.975 bits per heavy atom. The average molecular weight is 574 g/mol. The molecule has 0 aliphatic rings. The second-order valence-corrected chi connectivity index (χ2v) is 11.6. The largest absolute Gasteiger partial charge is 0.478 e. The van der Waals surface area contributed by atoms with E-state index in [1.54, 1.807) is 53.7 Å². The molecule has 0 fully saturated rings. The van der Waals surface area contributed by atoms with Gasteiger partial charge in [0.1, 0.15) is 11.2 Å². The molecule has 13 heteroatoms. The molecule has 0 radical (unpaired) electrons. The number of carbonyl (C=O) groups excluding carboxylic acids is 3. The highest BCUT2D eigenvalue weighted by Crippen LogP contribution is 2.26. The molecule has 12 nitrogen and oxygen atoms in total. The van der Waals surface area contributed by atoms with Crippen molar-refractivity contribution in [1.29, 1.82) is 0 Å². The number of hydrogen-bond acceptors (Lipinski definition) is 8. The molecular weight excluding hydrogens is 538 g/mol. The van der Waals surface area contributed by atoms with Crippen LogP contribution in [-0.4, -0.2) is 51.3 Å². The van der Waals surface area contributed by atoms with Crippen LogP contribution in [0.4, 0.5) is 20.4 Å². The van der Waals surface area contributed by atoms with Crippen LogP contribution >= 0.6 is 11.3 Å². The number of alkyl carbamates (subject to hydrolysis) is 1. The number of guanidine groups is 1. The van der Waals surface area contributed by atoms with Crippen LogP contribution < -0.4 is 16.0 Å². The van der Waals surface area contributed by atoms with E-state index in [1.165, 1.54) is 24.3 Å². The third-order valence-corrected chi connectivity index (χ3v) is 5.45. The summed E-state index contributed by atoms with van der Waals surface area (Å²) < 4.78 is 10.5. The molecule has 3 amide bonds. The number of benzene rings is 1. The molecule has 1 aromatic carbocycles. The fourth-order valence-corrected chi connectivity index (χ4v) is 4.00. The monoisotopic (exact) mass is 573 g/mol. The normalized spacial score (nSPS) is 12.1. The van der Waals surface area contributed by atoms with Gasteiger partial charge in [0.15, 0.2) is 5.13 Å². The molecule has 0 saturated heterocycles. The lowest BCUT2D eigenvalue weighted by molar-refractivity contribution is -0.131. The van der Waals surface area contributed by atoms with E-state index < -0.39 is 29.4 Å². The van der Waals surface area contributed by atoms with Gasteiger partial charge in [-0.2, -0.15) is 0 Å². The Kier molecular flexibility index (Phi) is 10.9. The molecule has 0 unspecified atom stereocenters. The van der Waals surface area contributed by atoms with Gasteiger partial charge in [0.2, 0.25) is 11.9 Å². The highest BCUT2D eigenvalue weighted by atomic mass is 32.1. The molecule has 0 atom stereocenters. The van der Waals surface area contributed by atoms with Crippen molar-refractivity contribution >= 4 is 58.3 Å². The minimum Gasteiger partial charge on any atom is -0.478 e. The van der Waals surface area contributed by atoms with E-state index in [9.17, 15) is 19.2 Å². The number of hydrogen-bond donors (Lipinski definition) is 4. The summed E-state index contributed by atoms with van der Waals surface area (Å²) in [7, 11) is 0. The van der Waals surface area contributed by atoms with E-state index in [0.717, 1.165) is 11.6 Å². The number of rotatable bonds is 7. The Morgan fingerprint density at radius 2 is 1.60 bits per heavy atom. The quantitative estimate of drug-likeness (QED) is 0.197. The van der Waals surface area contributed by atoms with Gasteiger partial charge in [-0.25, -0.2) is 19.4 Å². The summed E-state index contributed by atoms with van der Waals surface area (Å²) in [5.74, 6) is -1.52. The number of ether oxygens (including phenoxy) is 2. The van der Waals surface area contributed by atoms with Crippen molar-refractivity contribution in [3.8, 4) is 0 Å². The predicted molar refractivity (Wildman–Crippen MR) is 154 cm³/mol. The number of anilines is 2. The average Bonchev–Trinajstić information content (AvgIpc) is 3.15. The summed E-state index contributed by atoms with van der Waals surface area (Å²) in [6, 6.07) is 7.17. The Morgan fingerprint density at radius 3 is 2.15 bits per heavy atom. The lowest BCUT2D eigenvalue weighted by Gasteiger charge is -2.21. The second-order valence-electron chi connectivity index (χ2n) is 10.6. The number of carboxylic acid groups (broad SMARTS) is 1. The first-order valence-electron chi connectivity index (χ1n) is 12.3. The molecule has 0 spiro atoms. The first kappa shape index (κ1) is 32.0. The molecule has 1 aromatic heterocycles. The van der Waals surface area contributed by atoms with Crippen LogP contribution in [0.25, 0.3) is 6.08 Å². The van der Waals surface area contributed by atoms with Gasteiger partial charge in [-0.1, -0.05) is 23.5 Å². The molecule has 216 valence electrons. The van der Waals surface area contributed by atoms with Gasteiger partial charge in [-0.3, -0.25) is 10.1 Å². The Hall–Kier alpha value is -4.26. The van der Waals surface area contributed by atoms with Crippen LogP contribution in [0, 0.1) is 0 Å². The highest BCUT2D eigenvalue weighted by Gasteiger charge is 2.20. The topological polar surface area (TPSA) is 168 Å². The van der Waals surface area contributed by atoms with Crippen molar-refractivity contribution in [2.75, 3.05) is 10.6 Å². The molecule has 4 N–H and O–H groups in total. The summed E-state index contributed by atoms with van der Waals surface area (Å²) in [5.41, 5.74) is 0.601. The lowest BCUT2D eigenvalue weighted by atomic mass is 10.1. The molecular formula is C27H35N5O7S. The van der Waals surface area contributed by atoms with E-state index in [0.29, 0.717) is 34.2 Å².